The average molecular weight is 723 g/mol. The normalized spacial score (nSPS) is 10.3. The standard InChI is InChI=1S/2C18H36O2.Cs.Na/c2*1-2-3-4-5-6-7-8-9-10-11-12-13-14-15-16-17-18(19)20;;/h2*2-17H2,1H3,(H,19,20);;/q;;2*+1/p-2. The summed E-state index contributed by atoms with van der Waals surface area (Å²) < 4.78 is 0. The molecule has 0 aliphatic heterocycles. The summed E-state index contributed by atoms with van der Waals surface area (Å²) in [5, 5.41) is 20.4. The third kappa shape index (κ3) is 54.5. The van der Waals surface area contributed by atoms with Crippen LogP contribution in [-0.4, -0.2) is 11.9 Å². The summed E-state index contributed by atoms with van der Waals surface area (Å²) in [6, 6.07) is 0. The van der Waals surface area contributed by atoms with Gasteiger partial charge >= 0.3 is 98.5 Å². The van der Waals surface area contributed by atoms with Gasteiger partial charge in [-0.25, -0.2) is 0 Å². The van der Waals surface area contributed by atoms with Crippen LogP contribution in [0.25, 0.3) is 0 Å². The molecule has 0 unspecified atom stereocenters. The molecule has 0 bridgehead atoms. The van der Waals surface area contributed by atoms with Crippen LogP contribution < -0.4 is 109 Å². The minimum Gasteiger partial charge on any atom is -0.550 e. The van der Waals surface area contributed by atoms with E-state index >= 15 is 0 Å². The molecule has 240 valence electrons. The summed E-state index contributed by atoms with van der Waals surface area (Å²) >= 11 is 0. The van der Waals surface area contributed by atoms with Crippen molar-refractivity contribution >= 4 is 11.9 Å². The van der Waals surface area contributed by atoms with Crippen LogP contribution in [-0.2, 0) is 9.59 Å². The molecule has 0 saturated heterocycles. The Morgan fingerprint density at radius 1 is 0.333 bits per heavy atom. The van der Waals surface area contributed by atoms with Crippen LogP contribution in [0.4, 0.5) is 0 Å². The molecule has 0 radical (unpaired) electrons. The summed E-state index contributed by atoms with van der Waals surface area (Å²) in [7, 11) is 0. The topological polar surface area (TPSA) is 80.3 Å². The van der Waals surface area contributed by atoms with Crippen LogP contribution in [0.5, 0.6) is 0 Å². The summed E-state index contributed by atoms with van der Waals surface area (Å²) in [4.78, 5) is 20.4. The number of carbonyl (C=O) groups is 2. The number of carboxylic acids is 2. The fraction of sp³-hybridized carbons (Fsp3) is 0.944. The van der Waals surface area contributed by atoms with Gasteiger partial charge in [0.25, 0.3) is 0 Å². The van der Waals surface area contributed by atoms with Gasteiger partial charge in [-0.15, -0.1) is 0 Å². The van der Waals surface area contributed by atoms with Gasteiger partial charge in [-0.1, -0.05) is 194 Å². The number of unbranched alkanes of at least 4 members (excludes halogenated alkanes) is 28. The second kappa shape index (κ2) is 47.4. The zero-order valence-corrected chi connectivity index (χ0v) is 37.5. The van der Waals surface area contributed by atoms with Gasteiger partial charge in [0.2, 0.25) is 0 Å². The summed E-state index contributed by atoms with van der Waals surface area (Å²) in [6.07, 6.45) is 39.7. The molecular weight excluding hydrogens is 652 g/mol. The maximum atomic E-state index is 10.2. The van der Waals surface area contributed by atoms with E-state index in [4.69, 9.17) is 0 Å². The predicted octanol–water partition coefficient (Wildman–Crippen LogP) is 4.00. The van der Waals surface area contributed by atoms with Crippen molar-refractivity contribution in [3.05, 3.63) is 0 Å². The molecular formula is C36H70CsNaO4. The first-order chi connectivity index (χ1) is 19.5. The molecule has 0 aliphatic carbocycles. The molecule has 0 spiro atoms. The Bertz CT molecular complexity index is 461. The van der Waals surface area contributed by atoms with Crippen molar-refractivity contribution < 1.29 is 118 Å². The van der Waals surface area contributed by atoms with E-state index in [1.54, 1.807) is 0 Å². The van der Waals surface area contributed by atoms with Crippen molar-refractivity contribution in [1.29, 1.82) is 0 Å². The Kier molecular flexibility index (Phi) is 57.4. The quantitative estimate of drug-likeness (QED) is 0.0778. The molecule has 0 aliphatic rings. The Hall–Kier alpha value is 1.99. The molecule has 0 atom stereocenters. The van der Waals surface area contributed by atoms with Gasteiger partial charge in [-0.05, 0) is 25.7 Å². The molecule has 6 heteroatoms. The van der Waals surface area contributed by atoms with Crippen LogP contribution >= 0.6 is 0 Å². The number of carbonyl (C=O) groups excluding carboxylic acids is 2. The Balaban J connectivity index is -0.000000328. The predicted molar refractivity (Wildman–Crippen MR) is 169 cm³/mol. The number of carboxylic acid groups (broad SMARTS) is 2. The van der Waals surface area contributed by atoms with Crippen molar-refractivity contribution in [1.82, 2.24) is 0 Å². The average Bonchev–Trinajstić information content (AvgIpc) is 2.93. The summed E-state index contributed by atoms with van der Waals surface area (Å²) in [6.45, 7) is 4.53. The van der Waals surface area contributed by atoms with Crippen LogP contribution in [0, 0.1) is 0 Å². The second-order valence-corrected chi connectivity index (χ2v) is 12.1. The number of hydrogen-bond donors (Lipinski definition) is 0. The SMILES string of the molecule is CCCCCCCCCCCCCCCCCC(=O)[O-].CCCCCCCCCCCCCCCCCC(=O)[O-].[Cs+].[Na+]. The fourth-order valence-corrected chi connectivity index (χ4v) is 5.28. The van der Waals surface area contributed by atoms with Crippen LogP contribution in [0.1, 0.15) is 219 Å². The zero-order chi connectivity index (χ0) is 29.8. The van der Waals surface area contributed by atoms with Gasteiger partial charge in [-0.2, -0.15) is 0 Å². The zero-order valence-electron chi connectivity index (χ0n) is 29.3. The van der Waals surface area contributed by atoms with Crippen LogP contribution in [0.3, 0.4) is 0 Å². The second-order valence-electron chi connectivity index (χ2n) is 12.1. The van der Waals surface area contributed by atoms with E-state index in [0.29, 0.717) is 0 Å². The third-order valence-corrected chi connectivity index (χ3v) is 7.97. The molecule has 42 heavy (non-hydrogen) atoms. The van der Waals surface area contributed by atoms with Gasteiger partial charge in [0, 0.05) is 11.9 Å². The molecule has 0 rings (SSSR count). The molecule has 0 aromatic rings. The van der Waals surface area contributed by atoms with E-state index in [9.17, 15) is 19.8 Å². The van der Waals surface area contributed by atoms with E-state index in [2.05, 4.69) is 13.8 Å². The molecule has 0 aromatic carbocycles. The first-order valence-corrected chi connectivity index (χ1v) is 17.9. The van der Waals surface area contributed by atoms with Crippen molar-refractivity contribution in [2.45, 2.75) is 219 Å². The van der Waals surface area contributed by atoms with Gasteiger partial charge in [0.05, 0.1) is 0 Å². The Labute approximate surface area is 344 Å². The third-order valence-electron chi connectivity index (χ3n) is 7.97. The molecule has 0 N–H and O–H groups in total. The molecule has 0 fully saturated rings. The van der Waals surface area contributed by atoms with E-state index in [0.717, 1.165) is 25.7 Å². The van der Waals surface area contributed by atoms with Gasteiger partial charge in [-0.3, -0.25) is 0 Å². The monoisotopic (exact) mass is 722 g/mol. The van der Waals surface area contributed by atoms with E-state index in [-0.39, 0.29) is 111 Å². The summed E-state index contributed by atoms with van der Waals surface area (Å²) in [5.41, 5.74) is 0. The minimum absolute atomic E-state index is 0. The van der Waals surface area contributed by atoms with E-state index in [1.165, 1.54) is 167 Å². The van der Waals surface area contributed by atoms with Gasteiger partial charge in [0.15, 0.2) is 0 Å². The maximum absolute atomic E-state index is 10.2. The molecule has 0 saturated carbocycles. The molecule has 0 heterocycles. The van der Waals surface area contributed by atoms with Gasteiger partial charge in [0.1, 0.15) is 0 Å². The molecule has 0 aromatic heterocycles. The fourth-order valence-electron chi connectivity index (χ4n) is 5.28. The number of rotatable bonds is 32. The largest absolute Gasteiger partial charge is 1.00 e. The smallest absolute Gasteiger partial charge is 0.550 e. The Morgan fingerprint density at radius 2 is 0.476 bits per heavy atom. The number of hydrogen-bond acceptors (Lipinski definition) is 4. The van der Waals surface area contributed by atoms with Crippen molar-refractivity contribution in [2.75, 3.05) is 0 Å². The van der Waals surface area contributed by atoms with Crippen molar-refractivity contribution in [3.8, 4) is 0 Å². The first-order valence-electron chi connectivity index (χ1n) is 17.9. The van der Waals surface area contributed by atoms with Crippen molar-refractivity contribution in [2.24, 2.45) is 0 Å². The van der Waals surface area contributed by atoms with Crippen LogP contribution in [0.2, 0.25) is 0 Å². The van der Waals surface area contributed by atoms with E-state index in [1.807, 2.05) is 0 Å². The maximum Gasteiger partial charge on any atom is 1.00 e. The minimum atomic E-state index is -0.903. The number of aliphatic carboxylic acids is 2. The first kappa shape index (κ1) is 50.8. The van der Waals surface area contributed by atoms with E-state index < -0.39 is 11.9 Å². The molecule has 0 amide bonds. The summed E-state index contributed by atoms with van der Waals surface area (Å²) in [5.74, 6) is -1.81. The van der Waals surface area contributed by atoms with Crippen LogP contribution in [0.15, 0.2) is 0 Å². The van der Waals surface area contributed by atoms with Crippen molar-refractivity contribution in [3.63, 3.8) is 0 Å². The Morgan fingerprint density at radius 3 is 0.619 bits per heavy atom. The molecule has 4 nitrogen and oxygen atoms in total. The van der Waals surface area contributed by atoms with Gasteiger partial charge < -0.3 is 19.8 Å².